The Morgan fingerprint density at radius 1 is 1.35 bits per heavy atom. The van der Waals surface area contributed by atoms with Crippen LogP contribution >= 0.6 is 23.2 Å². The Morgan fingerprint density at radius 2 is 2.05 bits per heavy atom. The number of carbonyl (C=O) groups excluding carboxylic acids is 1. The molecule has 1 amide bonds. The van der Waals surface area contributed by atoms with Crippen LogP contribution in [-0.4, -0.2) is 17.0 Å². The number of carbonyl (C=O) groups is 1. The molecule has 1 aromatic carbocycles. The van der Waals surface area contributed by atoms with Crippen molar-refractivity contribution in [2.24, 2.45) is 7.05 Å². The SMILES string of the molecule is Cn1c(C(=O)NCCc2ccccc2F)cc(Cl)c1Cl. The van der Waals surface area contributed by atoms with E-state index in [4.69, 9.17) is 23.2 Å². The lowest BCUT2D eigenvalue weighted by Gasteiger charge is -2.07. The number of aromatic nitrogens is 1. The normalized spacial score (nSPS) is 10.6. The molecular weight excluding hydrogens is 302 g/mol. The van der Waals surface area contributed by atoms with Gasteiger partial charge >= 0.3 is 0 Å². The molecule has 20 heavy (non-hydrogen) atoms. The summed E-state index contributed by atoms with van der Waals surface area (Å²) in [4.78, 5) is 12.0. The predicted molar refractivity (Wildman–Crippen MR) is 77.9 cm³/mol. The third-order valence-electron chi connectivity index (χ3n) is 2.99. The van der Waals surface area contributed by atoms with Crippen LogP contribution in [0.1, 0.15) is 16.1 Å². The van der Waals surface area contributed by atoms with Gasteiger partial charge in [-0.15, -0.1) is 0 Å². The van der Waals surface area contributed by atoms with E-state index in [0.717, 1.165) is 0 Å². The molecule has 6 heteroatoms. The second-order valence-corrected chi connectivity index (χ2v) is 5.09. The van der Waals surface area contributed by atoms with E-state index < -0.39 is 0 Å². The topological polar surface area (TPSA) is 34.0 Å². The first-order chi connectivity index (χ1) is 9.50. The van der Waals surface area contributed by atoms with Gasteiger partial charge in [0.05, 0.1) is 5.02 Å². The molecule has 0 saturated heterocycles. The first kappa shape index (κ1) is 14.9. The molecule has 1 aromatic heterocycles. The molecule has 1 heterocycles. The fourth-order valence-electron chi connectivity index (χ4n) is 1.86. The molecule has 2 aromatic rings. The van der Waals surface area contributed by atoms with E-state index in [1.54, 1.807) is 25.2 Å². The summed E-state index contributed by atoms with van der Waals surface area (Å²) in [7, 11) is 1.65. The van der Waals surface area contributed by atoms with Crippen molar-refractivity contribution in [2.75, 3.05) is 6.54 Å². The van der Waals surface area contributed by atoms with Crippen molar-refractivity contribution in [1.29, 1.82) is 0 Å². The number of hydrogen-bond donors (Lipinski definition) is 1. The van der Waals surface area contributed by atoms with Crippen LogP contribution in [0.4, 0.5) is 4.39 Å². The van der Waals surface area contributed by atoms with Crippen LogP contribution in [0, 0.1) is 5.82 Å². The number of nitrogens with zero attached hydrogens (tertiary/aromatic N) is 1. The van der Waals surface area contributed by atoms with Crippen molar-refractivity contribution in [3.05, 3.63) is 57.6 Å². The number of halogens is 3. The lowest BCUT2D eigenvalue weighted by molar-refractivity contribution is 0.0946. The lowest BCUT2D eigenvalue weighted by atomic mass is 10.1. The second kappa shape index (κ2) is 6.29. The number of benzene rings is 1. The van der Waals surface area contributed by atoms with Crippen LogP contribution in [0.15, 0.2) is 30.3 Å². The zero-order chi connectivity index (χ0) is 14.7. The molecule has 1 N–H and O–H groups in total. The molecule has 0 aliphatic heterocycles. The minimum absolute atomic E-state index is 0.272. The first-order valence-corrected chi connectivity index (χ1v) is 6.78. The van der Waals surface area contributed by atoms with Crippen molar-refractivity contribution in [3.63, 3.8) is 0 Å². The van der Waals surface area contributed by atoms with Crippen LogP contribution < -0.4 is 5.32 Å². The summed E-state index contributed by atoms with van der Waals surface area (Å²) in [5.41, 5.74) is 0.935. The standard InChI is InChI=1S/C14H13Cl2FN2O/c1-19-12(8-10(15)13(19)16)14(20)18-7-6-9-4-2-3-5-11(9)17/h2-5,8H,6-7H2,1H3,(H,18,20). The molecule has 0 bridgehead atoms. The molecule has 0 aliphatic carbocycles. The summed E-state index contributed by atoms with van der Waals surface area (Å²) in [6.07, 6.45) is 0.421. The smallest absolute Gasteiger partial charge is 0.268 e. The molecule has 0 fully saturated rings. The van der Waals surface area contributed by atoms with Gasteiger partial charge in [0, 0.05) is 13.6 Å². The summed E-state index contributed by atoms with van der Waals surface area (Å²) in [5.74, 6) is -0.565. The Bertz CT molecular complexity index is 640. The largest absolute Gasteiger partial charge is 0.350 e. The highest BCUT2D eigenvalue weighted by Gasteiger charge is 2.15. The zero-order valence-electron chi connectivity index (χ0n) is 10.8. The van der Waals surface area contributed by atoms with Crippen LogP contribution in [0.3, 0.4) is 0 Å². The van der Waals surface area contributed by atoms with Crippen LogP contribution in [0.5, 0.6) is 0 Å². The van der Waals surface area contributed by atoms with E-state index in [1.165, 1.54) is 16.7 Å². The molecule has 0 atom stereocenters. The number of nitrogens with one attached hydrogen (secondary N) is 1. The maximum Gasteiger partial charge on any atom is 0.268 e. The Kier molecular flexibility index (Phi) is 4.68. The van der Waals surface area contributed by atoms with Gasteiger partial charge in [-0.3, -0.25) is 4.79 Å². The van der Waals surface area contributed by atoms with Crippen molar-refractivity contribution >= 4 is 29.1 Å². The number of hydrogen-bond acceptors (Lipinski definition) is 1. The third-order valence-corrected chi connectivity index (χ3v) is 3.83. The number of amides is 1. The van der Waals surface area contributed by atoms with Crippen molar-refractivity contribution in [1.82, 2.24) is 9.88 Å². The Hall–Kier alpha value is -1.52. The minimum atomic E-state index is -0.294. The zero-order valence-corrected chi connectivity index (χ0v) is 12.3. The molecule has 2 rings (SSSR count). The Balaban J connectivity index is 1.96. The summed E-state index contributed by atoms with van der Waals surface area (Å²) in [6.45, 7) is 0.334. The fourth-order valence-corrected chi connectivity index (χ4v) is 2.24. The lowest BCUT2D eigenvalue weighted by Crippen LogP contribution is -2.27. The number of rotatable bonds is 4. The van der Waals surface area contributed by atoms with Gasteiger partial charge in [0.2, 0.25) is 0 Å². The summed E-state index contributed by atoms with van der Waals surface area (Å²) in [5, 5.41) is 3.35. The van der Waals surface area contributed by atoms with Gasteiger partial charge in [-0.1, -0.05) is 41.4 Å². The highest BCUT2D eigenvalue weighted by molar-refractivity contribution is 6.41. The average molecular weight is 315 g/mol. The van der Waals surface area contributed by atoms with Gasteiger partial charge in [-0.25, -0.2) is 4.39 Å². The maximum atomic E-state index is 13.4. The van der Waals surface area contributed by atoms with Gasteiger partial charge in [0.25, 0.3) is 5.91 Å². The molecule has 0 radical (unpaired) electrons. The first-order valence-electron chi connectivity index (χ1n) is 6.03. The maximum absolute atomic E-state index is 13.4. The van der Waals surface area contributed by atoms with Crippen molar-refractivity contribution < 1.29 is 9.18 Å². The molecule has 0 aliphatic rings. The molecule has 3 nitrogen and oxygen atoms in total. The van der Waals surface area contributed by atoms with E-state index >= 15 is 0 Å². The average Bonchev–Trinajstić information content (AvgIpc) is 2.68. The van der Waals surface area contributed by atoms with E-state index in [0.29, 0.717) is 34.4 Å². The van der Waals surface area contributed by atoms with Gasteiger partial charge in [0.1, 0.15) is 16.7 Å². The van der Waals surface area contributed by atoms with E-state index in [1.807, 2.05) is 0 Å². The summed E-state index contributed by atoms with van der Waals surface area (Å²) < 4.78 is 14.9. The van der Waals surface area contributed by atoms with Gasteiger partial charge in [-0.05, 0) is 24.1 Å². The van der Waals surface area contributed by atoms with Crippen LogP contribution in [0.25, 0.3) is 0 Å². The molecule has 0 saturated carbocycles. The monoisotopic (exact) mass is 314 g/mol. The summed E-state index contributed by atoms with van der Waals surface area (Å²) >= 11 is 11.7. The second-order valence-electron chi connectivity index (χ2n) is 4.32. The van der Waals surface area contributed by atoms with Gasteiger partial charge < -0.3 is 9.88 Å². The molecule has 0 spiro atoms. The fraction of sp³-hybridized carbons (Fsp3) is 0.214. The minimum Gasteiger partial charge on any atom is -0.350 e. The molecule has 106 valence electrons. The third kappa shape index (κ3) is 3.14. The van der Waals surface area contributed by atoms with Crippen LogP contribution in [-0.2, 0) is 13.5 Å². The van der Waals surface area contributed by atoms with Crippen LogP contribution in [0.2, 0.25) is 10.2 Å². The summed E-state index contributed by atoms with van der Waals surface area (Å²) in [6, 6.07) is 7.98. The van der Waals surface area contributed by atoms with E-state index in [9.17, 15) is 9.18 Å². The van der Waals surface area contributed by atoms with Gasteiger partial charge in [-0.2, -0.15) is 0 Å². The molecule has 0 unspecified atom stereocenters. The Labute approximate surface area is 126 Å². The van der Waals surface area contributed by atoms with Gasteiger partial charge in [0.15, 0.2) is 0 Å². The highest BCUT2D eigenvalue weighted by Crippen LogP contribution is 2.24. The van der Waals surface area contributed by atoms with E-state index in [2.05, 4.69) is 5.32 Å². The van der Waals surface area contributed by atoms with Crippen molar-refractivity contribution in [2.45, 2.75) is 6.42 Å². The van der Waals surface area contributed by atoms with E-state index in [-0.39, 0.29) is 11.7 Å². The van der Waals surface area contributed by atoms with Crippen molar-refractivity contribution in [3.8, 4) is 0 Å². The quantitative estimate of drug-likeness (QED) is 0.921. The Morgan fingerprint density at radius 3 is 2.65 bits per heavy atom. The highest BCUT2D eigenvalue weighted by atomic mass is 35.5. The predicted octanol–water partition coefficient (Wildman–Crippen LogP) is 3.44. The molecular formula is C14H13Cl2FN2O.